The summed E-state index contributed by atoms with van der Waals surface area (Å²) in [6.07, 6.45) is 1.98. The lowest BCUT2D eigenvalue weighted by Crippen LogP contribution is -2.45. The van der Waals surface area contributed by atoms with Gasteiger partial charge in [0.05, 0.1) is 0 Å². The van der Waals surface area contributed by atoms with Crippen molar-refractivity contribution in [3.05, 3.63) is 35.9 Å². The number of rotatable bonds is 2. The Bertz CT molecular complexity index is 453. The molecule has 0 spiro atoms. The van der Waals surface area contributed by atoms with Gasteiger partial charge >= 0.3 is 6.03 Å². The lowest BCUT2D eigenvalue weighted by atomic mass is 9.85. The van der Waals surface area contributed by atoms with Crippen LogP contribution < -0.4 is 10.6 Å². The summed E-state index contributed by atoms with van der Waals surface area (Å²) in [5.41, 5.74) is 0.0547. The molecule has 16 heavy (non-hydrogen) atoms. The maximum atomic E-state index is 12.0. The van der Waals surface area contributed by atoms with E-state index in [2.05, 4.69) is 10.6 Å². The first-order valence-corrected chi connectivity index (χ1v) is 5.42. The predicted octanol–water partition coefficient (Wildman–Crippen LogP) is 1.13. The van der Waals surface area contributed by atoms with Crippen LogP contribution in [-0.2, 0) is 10.3 Å². The van der Waals surface area contributed by atoms with Crippen LogP contribution >= 0.6 is 0 Å². The van der Waals surface area contributed by atoms with Crippen LogP contribution in [0.2, 0.25) is 0 Å². The van der Waals surface area contributed by atoms with Gasteiger partial charge in [0.1, 0.15) is 5.54 Å². The van der Waals surface area contributed by atoms with Gasteiger partial charge in [-0.05, 0) is 24.3 Å². The molecule has 0 aromatic heterocycles. The second kappa shape index (κ2) is 3.07. The summed E-state index contributed by atoms with van der Waals surface area (Å²) >= 11 is 0. The molecule has 1 atom stereocenters. The van der Waals surface area contributed by atoms with Crippen LogP contribution in [0.1, 0.15) is 18.4 Å². The number of nitrogens with one attached hydrogen (secondary N) is 2. The van der Waals surface area contributed by atoms with Crippen LogP contribution in [0, 0.1) is 5.92 Å². The minimum absolute atomic E-state index is 0.216. The zero-order valence-electron chi connectivity index (χ0n) is 8.69. The van der Waals surface area contributed by atoms with Crippen molar-refractivity contribution in [1.82, 2.24) is 10.6 Å². The summed E-state index contributed by atoms with van der Waals surface area (Å²) in [6.45, 7) is 0. The summed E-state index contributed by atoms with van der Waals surface area (Å²) in [4.78, 5) is 23.3. The van der Waals surface area contributed by atoms with Crippen molar-refractivity contribution >= 4 is 11.9 Å². The van der Waals surface area contributed by atoms with Crippen molar-refractivity contribution < 1.29 is 9.59 Å². The van der Waals surface area contributed by atoms with E-state index in [0.717, 1.165) is 18.4 Å². The molecule has 4 heteroatoms. The van der Waals surface area contributed by atoms with E-state index >= 15 is 0 Å². The van der Waals surface area contributed by atoms with Crippen LogP contribution in [0.5, 0.6) is 0 Å². The fourth-order valence-electron chi connectivity index (χ4n) is 2.41. The van der Waals surface area contributed by atoms with Crippen molar-refractivity contribution in [2.45, 2.75) is 18.4 Å². The molecule has 4 nitrogen and oxygen atoms in total. The third-order valence-corrected chi connectivity index (χ3v) is 3.31. The maximum Gasteiger partial charge on any atom is 0.322 e. The standard InChI is InChI=1S/C12H12N2O2/c15-10-12(9-6-7-9,14-11(16)13-10)8-4-2-1-3-5-8/h1-5,9H,6-7H2,(H2,13,14,15,16)/t12-/m0/s1. The Labute approximate surface area is 93.0 Å². The summed E-state index contributed by atoms with van der Waals surface area (Å²) in [6, 6.07) is 9.07. The molecule has 0 bridgehead atoms. The molecule has 1 aliphatic carbocycles. The first-order valence-electron chi connectivity index (χ1n) is 5.42. The van der Waals surface area contributed by atoms with Crippen LogP contribution in [0.3, 0.4) is 0 Å². The van der Waals surface area contributed by atoms with Gasteiger partial charge in [-0.1, -0.05) is 30.3 Å². The van der Waals surface area contributed by atoms with Gasteiger partial charge in [-0.2, -0.15) is 0 Å². The molecule has 82 valence electrons. The van der Waals surface area contributed by atoms with Crippen LogP contribution in [0.4, 0.5) is 4.79 Å². The topological polar surface area (TPSA) is 58.2 Å². The Morgan fingerprint density at radius 2 is 1.81 bits per heavy atom. The van der Waals surface area contributed by atoms with E-state index in [1.54, 1.807) is 0 Å². The average molecular weight is 216 g/mol. The lowest BCUT2D eigenvalue weighted by molar-refractivity contribution is -0.125. The molecule has 2 N–H and O–H groups in total. The highest BCUT2D eigenvalue weighted by Gasteiger charge is 2.56. The summed E-state index contributed by atoms with van der Waals surface area (Å²) in [5.74, 6) is 0.0209. The van der Waals surface area contributed by atoms with Crippen molar-refractivity contribution in [3.63, 3.8) is 0 Å². The number of hydrogen-bond acceptors (Lipinski definition) is 2. The second-order valence-electron chi connectivity index (χ2n) is 4.36. The highest BCUT2D eigenvalue weighted by molar-refractivity contribution is 6.07. The van der Waals surface area contributed by atoms with Gasteiger partial charge in [0.15, 0.2) is 0 Å². The molecule has 1 saturated carbocycles. The molecule has 1 aromatic rings. The van der Waals surface area contributed by atoms with Gasteiger partial charge in [0, 0.05) is 0 Å². The predicted molar refractivity (Wildman–Crippen MR) is 57.5 cm³/mol. The average Bonchev–Trinajstić information content (AvgIpc) is 3.07. The zero-order chi connectivity index (χ0) is 11.2. The molecule has 0 radical (unpaired) electrons. The van der Waals surface area contributed by atoms with Gasteiger partial charge in [0.2, 0.25) is 0 Å². The third kappa shape index (κ3) is 1.16. The number of hydrogen-bond donors (Lipinski definition) is 2. The normalized spacial score (nSPS) is 28.8. The van der Waals surface area contributed by atoms with E-state index in [9.17, 15) is 9.59 Å². The van der Waals surface area contributed by atoms with E-state index in [4.69, 9.17) is 0 Å². The summed E-state index contributed by atoms with van der Waals surface area (Å²) in [5, 5.41) is 5.13. The van der Waals surface area contributed by atoms with Gasteiger partial charge in [-0.15, -0.1) is 0 Å². The van der Waals surface area contributed by atoms with Gasteiger partial charge < -0.3 is 5.32 Å². The van der Waals surface area contributed by atoms with E-state index in [1.165, 1.54) is 0 Å². The third-order valence-electron chi connectivity index (χ3n) is 3.31. The Hall–Kier alpha value is -1.84. The first-order chi connectivity index (χ1) is 7.73. The first kappa shape index (κ1) is 9.39. The molecule has 1 saturated heterocycles. The Balaban J connectivity index is 2.10. The molecule has 1 aromatic carbocycles. The Kier molecular flexibility index (Phi) is 1.80. The molecular formula is C12H12N2O2. The van der Waals surface area contributed by atoms with Gasteiger partial charge in [0.25, 0.3) is 5.91 Å². The molecular weight excluding hydrogens is 204 g/mol. The summed E-state index contributed by atoms with van der Waals surface area (Å²) in [7, 11) is 0. The SMILES string of the molecule is O=C1NC(=O)[C@](c2ccccc2)(C2CC2)N1. The number of carbonyl (C=O) groups is 2. The lowest BCUT2D eigenvalue weighted by Gasteiger charge is -2.26. The molecule has 3 amide bonds. The number of urea groups is 1. The maximum absolute atomic E-state index is 12.0. The van der Waals surface area contributed by atoms with Gasteiger partial charge in [-0.25, -0.2) is 4.79 Å². The van der Waals surface area contributed by atoms with Crippen LogP contribution in [-0.4, -0.2) is 11.9 Å². The fraction of sp³-hybridized carbons (Fsp3) is 0.333. The molecule has 3 rings (SSSR count). The van der Waals surface area contributed by atoms with Crippen molar-refractivity contribution in [2.75, 3.05) is 0 Å². The second-order valence-corrected chi connectivity index (χ2v) is 4.36. The van der Waals surface area contributed by atoms with Crippen molar-refractivity contribution in [2.24, 2.45) is 5.92 Å². The van der Waals surface area contributed by atoms with E-state index in [-0.39, 0.29) is 17.9 Å². The molecule has 2 fully saturated rings. The quantitative estimate of drug-likeness (QED) is 0.728. The number of carbonyl (C=O) groups excluding carboxylic acids is 2. The highest BCUT2D eigenvalue weighted by Crippen LogP contribution is 2.47. The smallest absolute Gasteiger partial charge is 0.319 e. The van der Waals surface area contributed by atoms with E-state index < -0.39 is 5.54 Å². The number of imide groups is 1. The Morgan fingerprint density at radius 1 is 1.12 bits per heavy atom. The molecule has 0 unspecified atom stereocenters. The molecule has 1 aliphatic heterocycles. The minimum atomic E-state index is -0.821. The highest BCUT2D eigenvalue weighted by atomic mass is 16.2. The minimum Gasteiger partial charge on any atom is -0.319 e. The van der Waals surface area contributed by atoms with Crippen LogP contribution in [0.15, 0.2) is 30.3 Å². The molecule has 2 aliphatic rings. The number of benzene rings is 1. The van der Waals surface area contributed by atoms with Gasteiger partial charge in [-0.3, -0.25) is 10.1 Å². The molecule has 1 heterocycles. The number of amides is 3. The Morgan fingerprint density at radius 3 is 2.31 bits per heavy atom. The fourth-order valence-corrected chi connectivity index (χ4v) is 2.41. The zero-order valence-corrected chi connectivity index (χ0v) is 8.69. The van der Waals surface area contributed by atoms with Crippen molar-refractivity contribution in [3.8, 4) is 0 Å². The van der Waals surface area contributed by atoms with E-state index in [1.807, 2.05) is 30.3 Å². The van der Waals surface area contributed by atoms with E-state index in [0.29, 0.717) is 0 Å². The monoisotopic (exact) mass is 216 g/mol. The largest absolute Gasteiger partial charge is 0.322 e. The van der Waals surface area contributed by atoms with Crippen molar-refractivity contribution in [1.29, 1.82) is 0 Å². The summed E-state index contributed by atoms with van der Waals surface area (Å²) < 4.78 is 0. The van der Waals surface area contributed by atoms with Crippen LogP contribution in [0.25, 0.3) is 0 Å².